The molecule has 0 amide bonds. The van der Waals surface area contributed by atoms with Gasteiger partial charge in [0.05, 0.1) is 0 Å². The van der Waals surface area contributed by atoms with Crippen molar-refractivity contribution < 1.29 is 19.4 Å². The predicted octanol–water partition coefficient (Wildman–Crippen LogP) is 4.84. The van der Waals surface area contributed by atoms with Crippen molar-refractivity contribution in [3.8, 4) is 11.5 Å². The number of phenols is 1. The summed E-state index contributed by atoms with van der Waals surface area (Å²) in [5.74, 6) is 0.486. The maximum atomic E-state index is 11.6. The Hall–Kier alpha value is -3.01. The van der Waals surface area contributed by atoms with Crippen molar-refractivity contribution in [2.45, 2.75) is 26.4 Å². The Morgan fingerprint density at radius 2 is 1.42 bits per heavy atom. The van der Waals surface area contributed by atoms with Crippen molar-refractivity contribution in [2.75, 3.05) is 6.61 Å². The summed E-state index contributed by atoms with van der Waals surface area (Å²) in [5, 5.41) is 9.24. The number of carbonyl (C=O) groups excluding carboxylic acids is 1. The van der Waals surface area contributed by atoms with Crippen molar-refractivity contribution >= 4 is 18.1 Å². The van der Waals surface area contributed by atoms with E-state index >= 15 is 0 Å². The molecular formula is C22H24O4. The van der Waals surface area contributed by atoms with Gasteiger partial charge in [-0.2, -0.15) is 0 Å². The van der Waals surface area contributed by atoms with Crippen LogP contribution in [0.15, 0.2) is 60.7 Å². The second-order valence-electron chi connectivity index (χ2n) is 6.75. The minimum Gasteiger partial charge on any atom is -0.508 e. The standard InChI is InChI=1S/C22H24O4/c1-22(2,3)26-21(24)16-25-20-14-10-18(11-15-20)7-5-4-6-17-8-12-19(23)13-9-17/h4-15,23H,16H2,1-3H3. The Kier molecular flexibility index (Phi) is 6.61. The van der Waals surface area contributed by atoms with Crippen LogP contribution in [-0.2, 0) is 9.53 Å². The topological polar surface area (TPSA) is 55.8 Å². The molecule has 2 aromatic carbocycles. The number of aromatic hydroxyl groups is 1. The Labute approximate surface area is 154 Å². The van der Waals surface area contributed by atoms with Crippen LogP contribution in [0.25, 0.3) is 12.2 Å². The first-order valence-electron chi connectivity index (χ1n) is 8.40. The van der Waals surface area contributed by atoms with Crippen LogP contribution in [0.2, 0.25) is 0 Å². The fourth-order valence-electron chi connectivity index (χ4n) is 2.11. The lowest BCUT2D eigenvalue weighted by molar-refractivity contribution is -0.157. The van der Waals surface area contributed by atoms with Crippen LogP contribution in [0.3, 0.4) is 0 Å². The second kappa shape index (κ2) is 8.90. The van der Waals surface area contributed by atoms with E-state index in [4.69, 9.17) is 9.47 Å². The molecule has 0 aliphatic heterocycles. The molecule has 0 unspecified atom stereocenters. The molecule has 0 aromatic heterocycles. The van der Waals surface area contributed by atoms with Crippen LogP contribution in [0.4, 0.5) is 0 Å². The summed E-state index contributed by atoms with van der Waals surface area (Å²) in [7, 11) is 0. The van der Waals surface area contributed by atoms with Gasteiger partial charge in [0.2, 0.25) is 0 Å². The lowest BCUT2D eigenvalue weighted by atomic mass is 10.2. The van der Waals surface area contributed by atoms with E-state index in [0.717, 1.165) is 11.1 Å². The van der Waals surface area contributed by atoms with Gasteiger partial charge in [-0.25, -0.2) is 4.79 Å². The lowest BCUT2D eigenvalue weighted by Crippen LogP contribution is -2.27. The van der Waals surface area contributed by atoms with Crippen molar-refractivity contribution in [1.82, 2.24) is 0 Å². The number of allylic oxidation sites excluding steroid dienone is 2. The molecule has 1 N–H and O–H groups in total. The summed E-state index contributed by atoms with van der Waals surface area (Å²) in [4.78, 5) is 11.6. The minimum atomic E-state index is -0.511. The molecule has 2 aromatic rings. The zero-order valence-electron chi connectivity index (χ0n) is 15.3. The van der Waals surface area contributed by atoms with Crippen molar-refractivity contribution in [2.24, 2.45) is 0 Å². The number of hydrogen-bond acceptors (Lipinski definition) is 4. The average molecular weight is 352 g/mol. The van der Waals surface area contributed by atoms with Gasteiger partial charge < -0.3 is 14.6 Å². The number of phenolic OH excluding ortho intramolecular Hbond substituents is 1. The molecule has 0 heterocycles. The maximum Gasteiger partial charge on any atom is 0.344 e. The predicted molar refractivity (Wildman–Crippen MR) is 104 cm³/mol. The number of ether oxygens (including phenoxy) is 2. The van der Waals surface area contributed by atoms with Gasteiger partial charge in [-0.1, -0.05) is 48.6 Å². The normalized spacial score (nSPS) is 11.8. The Bertz CT molecular complexity index is 763. The quantitative estimate of drug-likeness (QED) is 0.597. The maximum absolute atomic E-state index is 11.6. The molecule has 4 heteroatoms. The van der Waals surface area contributed by atoms with Crippen molar-refractivity contribution in [3.63, 3.8) is 0 Å². The molecule has 0 radical (unpaired) electrons. The first-order valence-corrected chi connectivity index (χ1v) is 8.40. The molecule has 4 nitrogen and oxygen atoms in total. The summed E-state index contributed by atoms with van der Waals surface area (Å²) < 4.78 is 10.6. The van der Waals surface area contributed by atoms with E-state index in [2.05, 4.69) is 0 Å². The molecule has 0 aliphatic carbocycles. The molecule has 0 bridgehead atoms. The Morgan fingerprint density at radius 1 is 0.923 bits per heavy atom. The fourth-order valence-corrected chi connectivity index (χ4v) is 2.11. The van der Waals surface area contributed by atoms with E-state index in [0.29, 0.717) is 5.75 Å². The highest BCUT2D eigenvalue weighted by Crippen LogP contribution is 2.15. The summed E-state index contributed by atoms with van der Waals surface area (Å²) in [6, 6.07) is 14.4. The van der Waals surface area contributed by atoms with Gasteiger partial charge in [0, 0.05) is 0 Å². The number of carbonyl (C=O) groups is 1. The monoisotopic (exact) mass is 352 g/mol. The van der Waals surface area contributed by atoms with Gasteiger partial charge >= 0.3 is 5.97 Å². The number of esters is 1. The first kappa shape index (κ1) is 19.3. The number of benzene rings is 2. The van der Waals surface area contributed by atoms with Gasteiger partial charge in [-0.15, -0.1) is 0 Å². The molecule has 136 valence electrons. The SMILES string of the molecule is CC(C)(C)OC(=O)COc1ccc(C=CC=Cc2ccc(O)cc2)cc1. The highest BCUT2D eigenvalue weighted by Gasteiger charge is 2.16. The van der Waals surface area contributed by atoms with Crippen LogP contribution in [-0.4, -0.2) is 23.3 Å². The zero-order chi connectivity index (χ0) is 19.0. The smallest absolute Gasteiger partial charge is 0.344 e. The Morgan fingerprint density at radius 3 is 1.92 bits per heavy atom. The highest BCUT2D eigenvalue weighted by molar-refractivity contribution is 5.71. The van der Waals surface area contributed by atoms with E-state index in [9.17, 15) is 9.90 Å². The molecule has 26 heavy (non-hydrogen) atoms. The second-order valence-corrected chi connectivity index (χ2v) is 6.75. The van der Waals surface area contributed by atoms with E-state index in [1.165, 1.54) is 0 Å². The lowest BCUT2D eigenvalue weighted by Gasteiger charge is -2.19. The fraction of sp³-hybridized carbons (Fsp3) is 0.227. The molecule has 0 saturated carbocycles. The summed E-state index contributed by atoms with van der Waals surface area (Å²) >= 11 is 0. The van der Waals surface area contributed by atoms with Crippen LogP contribution >= 0.6 is 0 Å². The molecule has 0 aliphatic rings. The van der Waals surface area contributed by atoms with Crippen LogP contribution in [0, 0.1) is 0 Å². The van der Waals surface area contributed by atoms with Gasteiger partial charge in [-0.05, 0) is 56.2 Å². The van der Waals surface area contributed by atoms with Crippen LogP contribution in [0.5, 0.6) is 11.5 Å². The van der Waals surface area contributed by atoms with E-state index in [1.807, 2.05) is 81.5 Å². The van der Waals surface area contributed by atoms with E-state index in [1.54, 1.807) is 12.1 Å². The first-order chi connectivity index (χ1) is 12.3. The molecular weight excluding hydrogens is 328 g/mol. The third-order valence-electron chi connectivity index (χ3n) is 3.24. The highest BCUT2D eigenvalue weighted by atomic mass is 16.6. The van der Waals surface area contributed by atoms with Crippen LogP contribution < -0.4 is 4.74 Å². The Balaban J connectivity index is 1.83. The van der Waals surface area contributed by atoms with Crippen LogP contribution in [0.1, 0.15) is 31.9 Å². The van der Waals surface area contributed by atoms with Gasteiger partial charge in [-0.3, -0.25) is 0 Å². The van der Waals surface area contributed by atoms with E-state index < -0.39 is 5.60 Å². The number of hydrogen-bond donors (Lipinski definition) is 1. The number of rotatable bonds is 6. The van der Waals surface area contributed by atoms with Gasteiger partial charge in [0.1, 0.15) is 17.1 Å². The third kappa shape index (κ3) is 7.26. The van der Waals surface area contributed by atoms with Crippen molar-refractivity contribution in [1.29, 1.82) is 0 Å². The van der Waals surface area contributed by atoms with Gasteiger partial charge in [0.25, 0.3) is 0 Å². The largest absolute Gasteiger partial charge is 0.508 e. The minimum absolute atomic E-state index is 0.109. The summed E-state index contributed by atoms with van der Waals surface area (Å²) in [6.45, 7) is 5.36. The molecule has 0 saturated heterocycles. The summed E-state index contributed by atoms with van der Waals surface area (Å²) in [5.41, 5.74) is 1.52. The summed E-state index contributed by atoms with van der Waals surface area (Å²) in [6.07, 6.45) is 7.78. The zero-order valence-corrected chi connectivity index (χ0v) is 15.3. The molecule has 2 rings (SSSR count). The average Bonchev–Trinajstić information content (AvgIpc) is 2.58. The van der Waals surface area contributed by atoms with Crippen molar-refractivity contribution in [3.05, 3.63) is 71.8 Å². The molecule has 0 fully saturated rings. The van der Waals surface area contributed by atoms with E-state index in [-0.39, 0.29) is 18.3 Å². The molecule has 0 atom stereocenters. The molecule has 0 spiro atoms. The van der Waals surface area contributed by atoms with Gasteiger partial charge in [0.15, 0.2) is 6.61 Å². The third-order valence-corrected chi connectivity index (χ3v) is 3.24.